The van der Waals surface area contributed by atoms with Crippen molar-refractivity contribution in [2.45, 2.75) is 45.0 Å². The standard InChI is InChI=1S/C41H46N8O10/c1-22(2)35(42)38(51)47-29(7-6-12-44-40(43)53)37(50)46-24-10-8-23(9-11-24)20-57-41(54)48(3)13-14-49-36-27-17-33-34(59-21-58-33)18-30(27)45-19-28(36)25-15-31(55-4)32(56-5)16-26(25)39(49)52/h8-11,15-19,29,35H,1,6-7,12-14,20-21,42H2,2-5H3,(H,46,50)(H,47,51)(H3,43,44,53)/t29-,35-/m0/s1. The number of rotatable bonds is 16. The van der Waals surface area contributed by atoms with Crippen molar-refractivity contribution in [3.63, 3.8) is 0 Å². The number of aromatic nitrogens is 2. The molecule has 3 aromatic carbocycles. The third kappa shape index (κ3) is 9.23. The molecule has 2 aromatic heterocycles. The largest absolute Gasteiger partial charge is 0.493 e. The van der Waals surface area contributed by atoms with Crippen molar-refractivity contribution in [3.8, 4) is 23.0 Å². The lowest BCUT2D eigenvalue weighted by Crippen LogP contribution is -2.50. The molecule has 18 nitrogen and oxygen atoms in total. The van der Waals surface area contributed by atoms with Crippen LogP contribution in [0.3, 0.4) is 0 Å². The van der Waals surface area contributed by atoms with E-state index in [1.165, 1.54) is 19.1 Å². The van der Waals surface area contributed by atoms with Crippen LogP contribution in [0.5, 0.6) is 23.0 Å². The molecule has 18 heteroatoms. The molecule has 0 unspecified atom stereocenters. The number of hydrogen-bond donors (Lipinski definition) is 5. The van der Waals surface area contributed by atoms with E-state index in [4.69, 9.17) is 35.2 Å². The molecular weight excluding hydrogens is 764 g/mol. The quantitative estimate of drug-likeness (QED) is 0.0547. The van der Waals surface area contributed by atoms with Crippen LogP contribution in [0, 0.1) is 0 Å². The van der Waals surface area contributed by atoms with Crippen LogP contribution < -0.4 is 51.9 Å². The van der Waals surface area contributed by atoms with Gasteiger partial charge in [-0.15, -0.1) is 0 Å². The second-order valence-electron chi connectivity index (χ2n) is 13.9. The fourth-order valence-electron chi connectivity index (χ4n) is 6.58. The Labute approximate surface area is 338 Å². The number of nitrogens with zero attached hydrogens (tertiary/aromatic N) is 3. The van der Waals surface area contributed by atoms with Gasteiger partial charge in [0.25, 0.3) is 5.56 Å². The van der Waals surface area contributed by atoms with Crippen molar-refractivity contribution in [1.82, 2.24) is 25.1 Å². The second-order valence-corrected chi connectivity index (χ2v) is 13.9. The molecule has 0 saturated heterocycles. The number of ether oxygens (including phenoxy) is 5. The first-order chi connectivity index (χ1) is 28.3. The molecule has 6 rings (SSSR count). The lowest BCUT2D eigenvalue weighted by molar-refractivity contribution is -0.127. The summed E-state index contributed by atoms with van der Waals surface area (Å²) in [7, 11) is 4.59. The molecule has 3 heterocycles. The number of likely N-dealkylation sites (N-methyl/N-ethyl adjacent to an activating group) is 1. The maximum atomic E-state index is 14.3. The summed E-state index contributed by atoms with van der Waals surface area (Å²) in [6, 6.07) is 10.9. The van der Waals surface area contributed by atoms with Gasteiger partial charge in [-0.25, -0.2) is 9.59 Å². The summed E-state index contributed by atoms with van der Waals surface area (Å²) >= 11 is 0. The average Bonchev–Trinajstić information content (AvgIpc) is 3.69. The lowest BCUT2D eigenvalue weighted by Gasteiger charge is -2.21. The zero-order valence-electron chi connectivity index (χ0n) is 33.1. The Balaban J connectivity index is 1.14. The first-order valence-corrected chi connectivity index (χ1v) is 18.6. The normalized spacial score (nSPS) is 12.8. The van der Waals surface area contributed by atoms with Gasteiger partial charge in [-0.05, 0) is 55.7 Å². The number of carbonyl (C=O) groups excluding carboxylic acids is 4. The van der Waals surface area contributed by atoms with Gasteiger partial charge in [-0.2, -0.15) is 0 Å². The van der Waals surface area contributed by atoms with Gasteiger partial charge >= 0.3 is 12.1 Å². The van der Waals surface area contributed by atoms with Crippen molar-refractivity contribution >= 4 is 62.2 Å². The number of fused-ring (bicyclic) bond motifs is 6. The number of primary amides is 1. The van der Waals surface area contributed by atoms with E-state index in [9.17, 15) is 24.0 Å². The lowest BCUT2D eigenvalue weighted by atomic mass is 10.0. The molecule has 0 radical (unpaired) electrons. The number of nitrogens with one attached hydrogen (secondary N) is 3. The number of hydrogen-bond acceptors (Lipinski definition) is 12. The Bertz CT molecular complexity index is 2510. The molecule has 2 atom stereocenters. The van der Waals surface area contributed by atoms with Crippen LogP contribution in [0.2, 0.25) is 0 Å². The molecule has 0 aliphatic carbocycles. The number of amides is 5. The molecule has 5 amide bonds. The first-order valence-electron chi connectivity index (χ1n) is 18.6. The minimum Gasteiger partial charge on any atom is -0.493 e. The van der Waals surface area contributed by atoms with E-state index < -0.39 is 36.0 Å². The molecule has 1 aliphatic heterocycles. The highest BCUT2D eigenvalue weighted by Crippen LogP contribution is 2.40. The number of carbonyl (C=O) groups is 4. The Kier molecular flexibility index (Phi) is 12.7. The maximum absolute atomic E-state index is 14.3. The second kappa shape index (κ2) is 18.0. The highest BCUT2D eigenvalue weighted by molar-refractivity contribution is 6.15. The minimum atomic E-state index is -1.00. The smallest absolute Gasteiger partial charge is 0.409 e. The number of nitrogens with two attached hydrogens (primary N) is 2. The number of anilines is 1. The van der Waals surface area contributed by atoms with Crippen LogP contribution in [0.25, 0.3) is 32.6 Å². The average molecular weight is 811 g/mol. The Morgan fingerprint density at radius 1 is 0.966 bits per heavy atom. The van der Waals surface area contributed by atoms with Gasteiger partial charge in [0.05, 0.1) is 30.6 Å². The summed E-state index contributed by atoms with van der Waals surface area (Å²) in [5.74, 6) is 0.849. The monoisotopic (exact) mass is 810 g/mol. The topological polar surface area (TPSA) is 241 Å². The van der Waals surface area contributed by atoms with Crippen molar-refractivity contribution in [2.75, 3.05) is 46.5 Å². The van der Waals surface area contributed by atoms with Gasteiger partial charge in [-0.1, -0.05) is 24.3 Å². The van der Waals surface area contributed by atoms with Crippen LogP contribution >= 0.6 is 0 Å². The summed E-state index contributed by atoms with van der Waals surface area (Å²) in [5, 5.41) is 10.2. The van der Waals surface area contributed by atoms with E-state index in [2.05, 4.69) is 27.5 Å². The summed E-state index contributed by atoms with van der Waals surface area (Å²) < 4.78 is 29.5. The number of urea groups is 1. The molecule has 0 spiro atoms. The van der Waals surface area contributed by atoms with Crippen LogP contribution in [0.4, 0.5) is 15.3 Å². The molecule has 0 fully saturated rings. The zero-order valence-corrected chi connectivity index (χ0v) is 33.1. The summed E-state index contributed by atoms with van der Waals surface area (Å²) in [6.07, 6.45) is 1.61. The minimum absolute atomic E-state index is 0.0672. The van der Waals surface area contributed by atoms with E-state index in [0.717, 1.165) is 0 Å². The zero-order chi connectivity index (χ0) is 42.4. The third-order valence-corrected chi connectivity index (χ3v) is 9.86. The van der Waals surface area contributed by atoms with E-state index >= 15 is 0 Å². The predicted octanol–water partition coefficient (Wildman–Crippen LogP) is 3.49. The first kappa shape index (κ1) is 41.6. The summed E-state index contributed by atoms with van der Waals surface area (Å²) in [6.45, 7) is 5.72. The van der Waals surface area contributed by atoms with E-state index in [1.807, 2.05) is 0 Å². The van der Waals surface area contributed by atoms with E-state index in [0.29, 0.717) is 78.8 Å². The summed E-state index contributed by atoms with van der Waals surface area (Å²) in [5.41, 5.74) is 13.4. The van der Waals surface area contributed by atoms with Gasteiger partial charge in [0.15, 0.2) is 23.0 Å². The predicted molar refractivity (Wildman–Crippen MR) is 220 cm³/mol. The van der Waals surface area contributed by atoms with Gasteiger partial charge in [0.1, 0.15) is 18.7 Å². The van der Waals surface area contributed by atoms with Gasteiger partial charge < -0.3 is 60.6 Å². The highest BCUT2D eigenvalue weighted by atomic mass is 16.7. The molecule has 310 valence electrons. The van der Waals surface area contributed by atoms with Crippen LogP contribution in [-0.4, -0.2) is 91.6 Å². The third-order valence-electron chi connectivity index (χ3n) is 9.86. The fraction of sp³-hybridized carbons (Fsp3) is 0.317. The molecule has 7 N–H and O–H groups in total. The number of benzene rings is 3. The van der Waals surface area contributed by atoms with Gasteiger partial charge in [0, 0.05) is 60.8 Å². The Morgan fingerprint density at radius 3 is 2.31 bits per heavy atom. The van der Waals surface area contributed by atoms with Crippen LogP contribution in [0.15, 0.2) is 71.7 Å². The van der Waals surface area contributed by atoms with E-state index in [1.54, 1.807) is 73.3 Å². The van der Waals surface area contributed by atoms with Crippen molar-refractivity contribution in [3.05, 3.63) is 82.8 Å². The molecule has 5 aromatic rings. The van der Waals surface area contributed by atoms with Crippen molar-refractivity contribution in [1.29, 1.82) is 0 Å². The Hall–Kier alpha value is -7.08. The molecule has 0 bridgehead atoms. The fourth-order valence-corrected chi connectivity index (χ4v) is 6.58. The van der Waals surface area contributed by atoms with Crippen LogP contribution in [-0.2, 0) is 27.5 Å². The van der Waals surface area contributed by atoms with Crippen LogP contribution in [0.1, 0.15) is 25.3 Å². The Morgan fingerprint density at radius 2 is 1.64 bits per heavy atom. The van der Waals surface area contributed by atoms with Crippen molar-refractivity contribution in [2.24, 2.45) is 11.5 Å². The molecule has 0 saturated carbocycles. The molecular formula is C41H46N8O10. The molecule has 1 aliphatic rings. The number of pyridine rings is 2. The van der Waals surface area contributed by atoms with Gasteiger partial charge in [-0.3, -0.25) is 19.4 Å². The van der Waals surface area contributed by atoms with Gasteiger partial charge in [0.2, 0.25) is 18.6 Å². The SMILES string of the molecule is C=C(C)[C@H](N)C(=O)N[C@@H](CCCNC(N)=O)C(=O)Nc1ccc(COC(=O)N(C)CCn2c(=O)c3cc(OC)c(OC)cc3c3cnc4cc5c(cc4c32)OCO5)cc1. The highest BCUT2D eigenvalue weighted by Gasteiger charge is 2.25. The summed E-state index contributed by atoms with van der Waals surface area (Å²) in [4.78, 5) is 70.4. The van der Waals surface area contributed by atoms with Crippen molar-refractivity contribution < 1.29 is 42.9 Å². The molecule has 59 heavy (non-hydrogen) atoms. The van der Waals surface area contributed by atoms with E-state index in [-0.39, 0.29) is 45.0 Å². The number of methoxy groups -OCH3 is 2. The maximum Gasteiger partial charge on any atom is 0.409 e.